The third-order valence-electron chi connectivity index (χ3n) is 7.91. The van der Waals surface area contributed by atoms with E-state index in [0.717, 1.165) is 10.5 Å². The van der Waals surface area contributed by atoms with Crippen LogP contribution < -0.4 is 10.6 Å². The molecule has 6 amide bonds. The fourth-order valence-corrected chi connectivity index (χ4v) is 5.69. The number of urea groups is 1. The zero-order valence-corrected chi connectivity index (χ0v) is 24.8. The molecule has 4 rings (SSSR count). The van der Waals surface area contributed by atoms with E-state index in [1.807, 2.05) is 30.3 Å². The number of aryl methyl sites for hydroxylation is 1. The number of carboxylic acid groups (broad SMARTS) is 1. The molecule has 2 fully saturated rings. The van der Waals surface area contributed by atoms with Gasteiger partial charge in [-0.25, -0.2) is 9.59 Å². The van der Waals surface area contributed by atoms with Gasteiger partial charge < -0.3 is 25.5 Å². The number of carbonyl (C=O) groups excluding carboxylic acids is 4. The van der Waals surface area contributed by atoms with E-state index in [-0.39, 0.29) is 30.8 Å². The fraction of sp³-hybridized carbons (Fsp3) is 0.467. The van der Waals surface area contributed by atoms with Crippen molar-refractivity contribution in [3.05, 3.63) is 66.0 Å². The van der Waals surface area contributed by atoms with Gasteiger partial charge in [0.25, 0.3) is 5.91 Å². The summed E-state index contributed by atoms with van der Waals surface area (Å²) < 4.78 is 40.2. The molecule has 12 nitrogen and oxygen atoms in total. The van der Waals surface area contributed by atoms with E-state index < -0.39 is 66.2 Å². The topological polar surface area (TPSA) is 152 Å². The average Bonchev–Trinajstić information content (AvgIpc) is 3.16. The summed E-state index contributed by atoms with van der Waals surface area (Å²) in [6, 6.07) is 12.0. The van der Waals surface area contributed by atoms with Gasteiger partial charge in [0, 0.05) is 31.4 Å². The Morgan fingerprint density at radius 1 is 1.04 bits per heavy atom. The number of nitrogens with one attached hydrogen (secondary N) is 2. The monoisotopic (exact) mass is 632 g/mol. The molecular weight excluding hydrogens is 597 g/mol. The normalized spacial score (nSPS) is 19.3. The van der Waals surface area contributed by atoms with Crippen LogP contribution in [0.15, 0.2) is 54.7 Å². The molecule has 1 aromatic heterocycles. The lowest BCUT2D eigenvalue weighted by atomic mass is 9.88. The van der Waals surface area contributed by atoms with Crippen LogP contribution in [0, 0.1) is 0 Å². The van der Waals surface area contributed by atoms with Crippen molar-refractivity contribution in [3.63, 3.8) is 0 Å². The van der Waals surface area contributed by atoms with Gasteiger partial charge in [-0.15, -0.1) is 0 Å². The first kappa shape index (κ1) is 33.2. The molecular formula is C30H35F3N6O6. The molecule has 2 saturated heterocycles. The van der Waals surface area contributed by atoms with E-state index in [2.05, 4.69) is 15.6 Å². The van der Waals surface area contributed by atoms with Gasteiger partial charge in [-0.05, 0) is 50.8 Å². The minimum absolute atomic E-state index is 0.108. The first-order valence-electron chi connectivity index (χ1n) is 14.4. The van der Waals surface area contributed by atoms with Gasteiger partial charge in [0.05, 0.1) is 6.54 Å². The van der Waals surface area contributed by atoms with Crippen molar-refractivity contribution in [1.82, 2.24) is 30.3 Å². The number of imide groups is 1. The lowest BCUT2D eigenvalue weighted by Gasteiger charge is -2.45. The number of fused-ring (bicyclic) bond motifs is 1. The van der Waals surface area contributed by atoms with Crippen LogP contribution in [0.5, 0.6) is 0 Å². The lowest BCUT2D eigenvalue weighted by Crippen LogP contribution is -2.67. The van der Waals surface area contributed by atoms with Crippen LogP contribution in [0.3, 0.4) is 0 Å². The Bertz CT molecular complexity index is 1420. The first-order chi connectivity index (χ1) is 21.1. The molecule has 0 radical (unpaired) electrons. The molecule has 0 bridgehead atoms. The SMILES string of the molecule is CC(C)(NC(=O)O)C(=O)N[C@H](CCCc1ccccc1)C(=O)N1CCN2C(=O)N(CC(F)(F)F)C(=O)[C@]2(Cc2ccccn2)C1. The molecule has 2 aromatic rings. The second kappa shape index (κ2) is 13.1. The molecule has 0 unspecified atom stereocenters. The standard InChI is InChI=1S/C30H35F3N6O6/c1-28(2,36-26(43)44)24(41)35-22(13-8-11-20-9-4-3-5-10-20)23(40)37-15-16-39-27(45)38(19-30(31,32)33)25(42)29(39,18-37)17-21-12-6-7-14-34-21/h3-7,9-10,12,14,22,36H,8,11,13,15-19H2,1-2H3,(H,35,41)(H,43,44)/t22-,29+/m1/s1. The van der Waals surface area contributed by atoms with E-state index in [9.17, 15) is 42.3 Å². The number of hydrogen-bond donors (Lipinski definition) is 3. The Morgan fingerprint density at radius 3 is 2.36 bits per heavy atom. The molecule has 2 atom stereocenters. The van der Waals surface area contributed by atoms with E-state index in [1.54, 1.807) is 18.2 Å². The Morgan fingerprint density at radius 2 is 1.73 bits per heavy atom. The van der Waals surface area contributed by atoms with Crippen molar-refractivity contribution >= 4 is 29.8 Å². The molecule has 3 heterocycles. The summed E-state index contributed by atoms with van der Waals surface area (Å²) in [5.41, 5.74) is -2.13. The van der Waals surface area contributed by atoms with Gasteiger partial charge in [0.1, 0.15) is 23.7 Å². The summed E-state index contributed by atoms with van der Waals surface area (Å²) in [6.45, 7) is 0.130. The Balaban J connectivity index is 1.62. The Labute approximate surface area is 257 Å². The summed E-state index contributed by atoms with van der Waals surface area (Å²) in [4.78, 5) is 72.0. The van der Waals surface area contributed by atoms with Crippen molar-refractivity contribution in [2.75, 3.05) is 26.2 Å². The zero-order valence-electron chi connectivity index (χ0n) is 24.8. The number of hydrogen-bond acceptors (Lipinski definition) is 6. The summed E-state index contributed by atoms with van der Waals surface area (Å²) in [7, 11) is 0. The Hall–Kier alpha value is -4.69. The number of nitrogens with zero attached hydrogens (tertiary/aromatic N) is 4. The zero-order chi connectivity index (χ0) is 33.0. The number of amides is 6. The number of benzene rings is 1. The van der Waals surface area contributed by atoms with E-state index in [4.69, 9.17) is 0 Å². The van der Waals surface area contributed by atoms with Crippen LogP contribution in [0.4, 0.5) is 22.8 Å². The third-order valence-corrected chi connectivity index (χ3v) is 7.91. The Kier molecular flexibility index (Phi) is 9.68. The first-order valence-corrected chi connectivity index (χ1v) is 14.4. The van der Waals surface area contributed by atoms with Crippen molar-refractivity contribution in [1.29, 1.82) is 0 Å². The highest BCUT2D eigenvalue weighted by molar-refractivity contribution is 6.08. The summed E-state index contributed by atoms with van der Waals surface area (Å²) in [6.07, 6.45) is -3.92. The van der Waals surface area contributed by atoms with E-state index >= 15 is 0 Å². The van der Waals surface area contributed by atoms with Crippen LogP contribution in [0.25, 0.3) is 0 Å². The van der Waals surface area contributed by atoms with Crippen LogP contribution in [0.2, 0.25) is 0 Å². The minimum atomic E-state index is -4.84. The van der Waals surface area contributed by atoms with Gasteiger partial charge in [0.2, 0.25) is 11.8 Å². The highest BCUT2D eigenvalue weighted by atomic mass is 19.4. The molecule has 2 aliphatic rings. The van der Waals surface area contributed by atoms with Crippen LogP contribution in [-0.4, -0.2) is 104 Å². The number of rotatable bonds is 11. The smallest absolute Gasteiger partial charge is 0.406 e. The highest BCUT2D eigenvalue weighted by Crippen LogP contribution is 2.36. The second-order valence-corrected chi connectivity index (χ2v) is 11.7. The van der Waals surface area contributed by atoms with Gasteiger partial charge in [-0.1, -0.05) is 36.4 Å². The lowest BCUT2D eigenvalue weighted by molar-refractivity contribution is -0.157. The molecule has 0 saturated carbocycles. The molecule has 45 heavy (non-hydrogen) atoms. The van der Waals surface area contributed by atoms with Gasteiger partial charge in [0.15, 0.2) is 0 Å². The largest absolute Gasteiger partial charge is 0.465 e. The second-order valence-electron chi connectivity index (χ2n) is 11.7. The molecule has 15 heteroatoms. The van der Waals surface area contributed by atoms with Crippen LogP contribution in [0.1, 0.15) is 37.9 Å². The number of piperazine rings is 1. The number of alkyl halides is 3. The van der Waals surface area contributed by atoms with Crippen LogP contribution >= 0.6 is 0 Å². The van der Waals surface area contributed by atoms with Gasteiger partial charge >= 0.3 is 18.3 Å². The molecule has 3 N–H and O–H groups in total. The number of pyridine rings is 1. The quantitative estimate of drug-likeness (QED) is 0.322. The maximum atomic E-state index is 14.1. The van der Waals surface area contributed by atoms with E-state index in [1.165, 1.54) is 24.9 Å². The van der Waals surface area contributed by atoms with Crippen molar-refractivity contribution in [3.8, 4) is 0 Å². The van der Waals surface area contributed by atoms with Crippen LogP contribution in [-0.2, 0) is 27.2 Å². The number of carbonyl (C=O) groups is 5. The van der Waals surface area contributed by atoms with Gasteiger partial charge in [-0.2, -0.15) is 13.2 Å². The average molecular weight is 633 g/mol. The molecule has 0 aliphatic carbocycles. The molecule has 2 aliphatic heterocycles. The minimum Gasteiger partial charge on any atom is -0.465 e. The van der Waals surface area contributed by atoms with Gasteiger partial charge in [-0.3, -0.25) is 24.3 Å². The maximum Gasteiger partial charge on any atom is 0.406 e. The predicted molar refractivity (Wildman–Crippen MR) is 154 cm³/mol. The molecule has 0 spiro atoms. The van der Waals surface area contributed by atoms with Crippen molar-refractivity contribution in [2.24, 2.45) is 0 Å². The number of halogens is 3. The highest BCUT2D eigenvalue weighted by Gasteiger charge is 2.61. The summed E-state index contributed by atoms with van der Waals surface area (Å²) in [5.74, 6) is -2.48. The maximum absolute atomic E-state index is 14.1. The van der Waals surface area contributed by atoms with Crippen molar-refractivity contribution in [2.45, 2.75) is 62.8 Å². The third kappa shape index (κ3) is 7.70. The molecule has 1 aromatic carbocycles. The van der Waals surface area contributed by atoms with Crippen molar-refractivity contribution < 1.29 is 42.3 Å². The number of aromatic nitrogens is 1. The molecule has 242 valence electrons. The summed E-state index contributed by atoms with van der Waals surface area (Å²) in [5, 5.41) is 13.9. The van der Waals surface area contributed by atoms with E-state index in [0.29, 0.717) is 18.5 Å². The predicted octanol–water partition coefficient (Wildman–Crippen LogP) is 2.59. The summed E-state index contributed by atoms with van der Waals surface area (Å²) >= 11 is 0. The fourth-order valence-electron chi connectivity index (χ4n) is 5.69.